The van der Waals surface area contributed by atoms with E-state index in [1.807, 2.05) is 6.92 Å². The van der Waals surface area contributed by atoms with Crippen molar-refractivity contribution in [2.45, 2.75) is 18.7 Å². The Balaban J connectivity index is 2.81. The third kappa shape index (κ3) is 2.31. The van der Waals surface area contributed by atoms with Crippen molar-refractivity contribution < 1.29 is 0 Å². The molecule has 0 fully saturated rings. The van der Waals surface area contributed by atoms with Crippen LogP contribution in [0.3, 0.4) is 0 Å². The van der Waals surface area contributed by atoms with Crippen LogP contribution in [0.2, 0.25) is 5.02 Å². The first-order valence-corrected chi connectivity index (χ1v) is 4.17. The molecular formula is C7H8Cl2N2. The number of rotatable bonds is 2. The van der Waals surface area contributed by atoms with Gasteiger partial charge in [-0.2, -0.15) is 0 Å². The minimum atomic E-state index is -0.104. The van der Waals surface area contributed by atoms with Crippen molar-refractivity contribution in [2.24, 2.45) is 0 Å². The first-order valence-electron chi connectivity index (χ1n) is 3.35. The Morgan fingerprint density at radius 3 is 2.45 bits per heavy atom. The topological polar surface area (TPSA) is 25.8 Å². The molecule has 60 valence electrons. The molecular weight excluding hydrogens is 183 g/mol. The summed E-state index contributed by atoms with van der Waals surface area (Å²) in [6.45, 7) is 1.98. The second-order valence-corrected chi connectivity index (χ2v) is 3.10. The molecule has 0 aliphatic carbocycles. The van der Waals surface area contributed by atoms with E-state index in [0.29, 0.717) is 10.8 Å². The molecule has 1 atom stereocenters. The summed E-state index contributed by atoms with van der Waals surface area (Å²) in [4.78, 5) is 7.95. The molecule has 4 heteroatoms. The van der Waals surface area contributed by atoms with Crippen molar-refractivity contribution in [2.75, 3.05) is 0 Å². The van der Waals surface area contributed by atoms with Gasteiger partial charge in [-0.25, -0.2) is 9.97 Å². The summed E-state index contributed by atoms with van der Waals surface area (Å²) in [7, 11) is 0. The molecule has 0 spiro atoms. The van der Waals surface area contributed by atoms with Crippen LogP contribution >= 0.6 is 23.2 Å². The zero-order valence-corrected chi connectivity index (χ0v) is 7.60. The van der Waals surface area contributed by atoms with E-state index >= 15 is 0 Å². The Morgan fingerprint density at radius 2 is 2.00 bits per heavy atom. The van der Waals surface area contributed by atoms with Crippen LogP contribution in [-0.2, 0) is 0 Å². The molecule has 0 N–H and O–H groups in total. The van der Waals surface area contributed by atoms with Crippen molar-refractivity contribution in [3.05, 3.63) is 23.2 Å². The second-order valence-electron chi connectivity index (χ2n) is 2.14. The molecule has 1 unspecified atom stereocenters. The van der Waals surface area contributed by atoms with Gasteiger partial charge in [0.2, 0.25) is 0 Å². The molecule has 2 nitrogen and oxygen atoms in total. The molecule has 0 amide bonds. The lowest BCUT2D eigenvalue weighted by Crippen LogP contribution is -1.95. The van der Waals surface area contributed by atoms with Crippen LogP contribution in [0.15, 0.2) is 12.4 Å². The van der Waals surface area contributed by atoms with Crippen molar-refractivity contribution in [3.8, 4) is 0 Å². The summed E-state index contributed by atoms with van der Waals surface area (Å²) in [5.74, 6) is 0.638. The van der Waals surface area contributed by atoms with Crippen LogP contribution in [0.5, 0.6) is 0 Å². The Morgan fingerprint density at radius 1 is 1.45 bits per heavy atom. The first-order chi connectivity index (χ1) is 5.24. The van der Waals surface area contributed by atoms with Gasteiger partial charge < -0.3 is 0 Å². The summed E-state index contributed by atoms with van der Waals surface area (Å²) >= 11 is 11.5. The van der Waals surface area contributed by atoms with E-state index in [1.54, 1.807) is 12.4 Å². The summed E-state index contributed by atoms with van der Waals surface area (Å²) in [5, 5.41) is 0.431. The summed E-state index contributed by atoms with van der Waals surface area (Å²) in [6, 6.07) is 0. The number of halogens is 2. The predicted molar refractivity (Wildman–Crippen MR) is 45.9 cm³/mol. The maximum atomic E-state index is 5.87. The van der Waals surface area contributed by atoms with Gasteiger partial charge in [0.25, 0.3) is 0 Å². The van der Waals surface area contributed by atoms with E-state index in [1.165, 1.54) is 0 Å². The van der Waals surface area contributed by atoms with Gasteiger partial charge in [0.15, 0.2) is 0 Å². The van der Waals surface area contributed by atoms with E-state index in [-0.39, 0.29) is 5.38 Å². The molecule has 0 radical (unpaired) electrons. The molecule has 0 aromatic carbocycles. The quantitative estimate of drug-likeness (QED) is 0.671. The maximum Gasteiger partial charge on any atom is 0.146 e. The highest BCUT2D eigenvalue weighted by atomic mass is 35.5. The van der Waals surface area contributed by atoms with Crippen LogP contribution in [0.4, 0.5) is 0 Å². The normalized spacial score (nSPS) is 13.0. The van der Waals surface area contributed by atoms with Gasteiger partial charge in [-0.1, -0.05) is 18.5 Å². The van der Waals surface area contributed by atoms with Gasteiger partial charge in [-0.05, 0) is 6.42 Å². The Kier molecular flexibility index (Phi) is 3.09. The van der Waals surface area contributed by atoms with Crippen molar-refractivity contribution >= 4 is 23.2 Å². The van der Waals surface area contributed by atoms with Gasteiger partial charge in [-0.3, -0.25) is 0 Å². The van der Waals surface area contributed by atoms with Crippen molar-refractivity contribution in [1.82, 2.24) is 9.97 Å². The van der Waals surface area contributed by atoms with E-state index < -0.39 is 0 Å². The highest BCUT2D eigenvalue weighted by Crippen LogP contribution is 2.19. The third-order valence-corrected chi connectivity index (χ3v) is 1.98. The van der Waals surface area contributed by atoms with Crippen LogP contribution in [0.1, 0.15) is 24.5 Å². The molecule has 1 aromatic rings. The van der Waals surface area contributed by atoms with Gasteiger partial charge in [0, 0.05) is 12.4 Å². The fraction of sp³-hybridized carbons (Fsp3) is 0.429. The predicted octanol–water partition coefficient (Wildman–Crippen LogP) is 2.82. The minimum absolute atomic E-state index is 0.104. The molecule has 11 heavy (non-hydrogen) atoms. The third-order valence-electron chi connectivity index (χ3n) is 1.28. The minimum Gasteiger partial charge on any atom is -0.238 e. The summed E-state index contributed by atoms with van der Waals surface area (Å²) in [5.41, 5.74) is 0. The number of alkyl halides is 1. The van der Waals surface area contributed by atoms with E-state index in [9.17, 15) is 0 Å². The molecule has 0 saturated heterocycles. The van der Waals surface area contributed by atoms with Crippen molar-refractivity contribution in [3.63, 3.8) is 0 Å². The fourth-order valence-corrected chi connectivity index (χ4v) is 0.877. The Hall–Kier alpha value is -0.340. The smallest absolute Gasteiger partial charge is 0.146 e. The summed E-state index contributed by atoms with van der Waals surface area (Å²) < 4.78 is 0. The highest BCUT2D eigenvalue weighted by Gasteiger charge is 2.06. The van der Waals surface area contributed by atoms with Gasteiger partial charge >= 0.3 is 0 Å². The number of aromatic nitrogens is 2. The number of hydrogen-bond donors (Lipinski definition) is 0. The van der Waals surface area contributed by atoms with E-state index in [2.05, 4.69) is 9.97 Å². The zero-order chi connectivity index (χ0) is 8.27. The standard InChI is InChI=1S/C7H8Cl2N2/c1-2-6(9)7-10-3-5(8)4-11-7/h3-4,6H,2H2,1H3. The Bertz CT molecular complexity index is 222. The largest absolute Gasteiger partial charge is 0.238 e. The lowest BCUT2D eigenvalue weighted by Gasteiger charge is -2.02. The average molecular weight is 191 g/mol. The van der Waals surface area contributed by atoms with Crippen LogP contribution in [0.25, 0.3) is 0 Å². The van der Waals surface area contributed by atoms with Gasteiger partial charge in [0.05, 0.1) is 10.4 Å². The van der Waals surface area contributed by atoms with Crippen LogP contribution in [0, 0.1) is 0 Å². The molecule has 0 aliphatic rings. The first kappa shape index (κ1) is 8.75. The zero-order valence-electron chi connectivity index (χ0n) is 6.09. The molecule has 0 bridgehead atoms. The van der Waals surface area contributed by atoms with E-state index in [4.69, 9.17) is 23.2 Å². The molecule has 0 aliphatic heterocycles. The fourth-order valence-electron chi connectivity index (χ4n) is 0.667. The molecule has 1 aromatic heterocycles. The summed E-state index contributed by atoms with van der Waals surface area (Å²) in [6.07, 6.45) is 3.92. The maximum absolute atomic E-state index is 5.87. The van der Waals surface area contributed by atoms with Crippen LogP contribution in [-0.4, -0.2) is 9.97 Å². The second kappa shape index (κ2) is 3.88. The lowest BCUT2D eigenvalue weighted by atomic mass is 10.3. The average Bonchev–Trinajstić information content (AvgIpc) is 2.05. The van der Waals surface area contributed by atoms with Crippen LogP contribution < -0.4 is 0 Å². The molecule has 1 heterocycles. The van der Waals surface area contributed by atoms with Crippen molar-refractivity contribution in [1.29, 1.82) is 0 Å². The molecule has 0 saturated carbocycles. The number of nitrogens with zero attached hydrogens (tertiary/aromatic N) is 2. The highest BCUT2D eigenvalue weighted by molar-refractivity contribution is 6.30. The lowest BCUT2D eigenvalue weighted by molar-refractivity contribution is 0.803. The Labute approximate surface area is 75.6 Å². The molecule has 1 rings (SSSR count). The van der Waals surface area contributed by atoms with E-state index in [0.717, 1.165) is 6.42 Å². The monoisotopic (exact) mass is 190 g/mol. The number of hydrogen-bond acceptors (Lipinski definition) is 2. The van der Waals surface area contributed by atoms with Gasteiger partial charge in [0.1, 0.15) is 5.82 Å². The SMILES string of the molecule is CCC(Cl)c1ncc(Cl)cn1. The van der Waals surface area contributed by atoms with Gasteiger partial charge in [-0.15, -0.1) is 11.6 Å².